The second-order valence-electron chi connectivity index (χ2n) is 8.27. The molecule has 4 fully saturated rings. The molecule has 6 heteroatoms. The van der Waals surface area contributed by atoms with Gasteiger partial charge in [0.05, 0.1) is 13.2 Å². The Bertz CT molecular complexity index is 829. The number of amides is 1. The van der Waals surface area contributed by atoms with Gasteiger partial charge in [0, 0.05) is 49.4 Å². The van der Waals surface area contributed by atoms with Crippen LogP contribution in [0.2, 0.25) is 0 Å². The number of aromatic nitrogens is 2. The molecule has 6 nitrogen and oxygen atoms in total. The molecule has 28 heavy (non-hydrogen) atoms. The summed E-state index contributed by atoms with van der Waals surface area (Å²) in [6, 6.07) is 11.0. The molecule has 5 heterocycles. The van der Waals surface area contributed by atoms with Gasteiger partial charge in [-0.3, -0.25) is 14.4 Å². The van der Waals surface area contributed by atoms with E-state index in [2.05, 4.69) is 27.0 Å². The van der Waals surface area contributed by atoms with E-state index < -0.39 is 0 Å². The smallest absolute Gasteiger partial charge is 0.224 e. The quantitative estimate of drug-likeness (QED) is 0.799. The summed E-state index contributed by atoms with van der Waals surface area (Å²) in [6.45, 7) is 3.76. The summed E-state index contributed by atoms with van der Waals surface area (Å²) >= 11 is 0. The maximum atomic E-state index is 13.2. The molecule has 3 atom stereocenters. The van der Waals surface area contributed by atoms with Crippen LogP contribution in [0.1, 0.15) is 30.7 Å². The first-order valence-electron chi connectivity index (χ1n) is 10.4. The van der Waals surface area contributed by atoms with Crippen LogP contribution in [0.25, 0.3) is 0 Å². The van der Waals surface area contributed by atoms with Crippen molar-refractivity contribution < 1.29 is 9.53 Å². The van der Waals surface area contributed by atoms with Crippen LogP contribution >= 0.6 is 0 Å². The van der Waals surface area contributed by atoms with Crippen LogP contribution in [0, 0.1) is 5.92 Å². The van der Waals surface area contributed by atoms with Crippen LogP contribution in [-0.4, -0.2) is 64.3 Å². The summed E-state index contributed by atoms with van der Waals surface area (Å²) in [5, 5.41) is 4.24. The summed E-state index contributed by atoms with van der Waals surface area (Å²) in [4.78, 5) is 18.1. The Labute approximate surface area is 166 Å². The number of fused-ring (bicyclic) bond motifs is 2. The zero-order valence-electron chi connectivity index (χ0n) is 16.4. The largest absolute Gasteiger partial charge is 0.496 e. The van der Waals surface area contributed by atoms with Gasteiger partial charge in [0.25, 0.3) is 0 Å². The van der Waals surface area contributed by atoms with Crippen molar-refractivity contribution in [3.63, 3.8) is 0 Å². The normalized spacial score (nSPS) is 31.0. The third kappa shape index (κ3) is 2.91. The first-order chi connectivity index (χ1) is 13.8. The van der Waals surface area contributed by atoms with Gasteiger partial charge in [-0.2, -0.15) is 5.10 Å². The highest BCUT2D eigenvalue weighted by Gasteiger charge is 2.54. The van der Waals surface area contributed by atoms with E-state index in [0.717, 1.165) is 25.4 Å². The Hall–Kier alpha value is -2.34. The molecule has 1 amide bonds. The van der Waals surface area contributed by atoms with E-state index in [1.54, 1.807) is 13.3 Å². The molecule has 2 aromatic rings. The fourth-order valence-electron chi connectivity index (χ4n) is 5.74. The van der Waals surface area contributed by atoms with Crippen LogP contribution in [0.5, 0.6) is 5.75 Å². The summed E-state index contributed by atoms with van der Waals surface area (Å²) in [5.74, 6) is 2.15. The number of carbonyl (C=O) groups excluding carboxylic acids is 1. The van der Waals surface area contributed by atoms with Crippen LogP contribution in [-0.2, 0) is 11.3 Å². The SMILES string of the molecule is COc1ccccc1[C@@H]1CN(C(=O)CCn2cccn2)[C@@H]2C3CCN(CC3)[C@@H]21. The Kier molecular flexibility index (Phi) is 4.59. The molecule has 0 saturated carbocycles. The lowest BCUT2D eigenvalue weighted by Gasteiger charge is -2.51. The Balaban J connectivity index is 1.43. The lowest BCUT2D eigenvalue weighted by atomic mass is 9.75. The number of nitrogens with zero attached hydrogens (tertiary/aromatic N) is 4. The fourth-order valence-corrected chi connectivity index (χ4v) is 5.74. The van der Waals surface area contributed by atoms with Crippen molar-refractivity contribution in [2.75, 3.05) is 26.7 Å². The van der Waals surface area contributed by atoms with E-state index >= 15 is 0 Å². The second kappa shape index (κ2) is 7.24. The molecule has 0 spiro atoms. The number of piperidine rings is 3. The average molecular weight is 380 g/mol. The molecule has 1 aromatic carbocycles. The highest BCUT2D eigenvalue weighted by atomic mass is 16.5. The van der Waals surface area contributed by atoms with Gasteiger partial charge < -0.3 is 9.64 Å². The monoisotopic (exact) mass is 380 g/mol. The molecule has 4 aliphatic rings. The van der Waals surface area contributed by atoms with Crippen molar-refractivity contribution in [1.82, 2.24) is 19.6 Å². The second-order valence-corrected chi connectivity index (χ2v) is 8.27. The van der Waals surface area contributed by atoms with Gasteiger partial charge in [-0.05, 0) is 44.0 Å². The number of aryl methyl sites for hydroxylation is 1. The summed E-state index contributed by atoms with van der Waals surface area (Å²) in [6.07, 6.45) is 6.62. The predicted octanol–water partition coefficient (Wildman–Crippen LogP) is 2.37. The minimum Gasteiger partial charge on any atom is -0.496 e. The van der Waals surface area contributed by atoms with E-state index in [-0.39, 0.29) is 5.91 Å². The maximum absolute atomic E-state index is 13.2. The van der Waals surface area contributed by atoms with Gasteiger partial charge in [-0.15, -0.1) is 0 Å². The minimum atomic E-state index is 0.261. The number of hydrogen-bond acceptors (Lipinski definition) is 4. The molecule has 4 saturated heterocycles. The number of benzene rings is 1. The lowest BCUT2D eigenvalue weighted by Crippen LogP contribution is -2.60. The predicted molar refractivity (Wildman–Crippen MR) is 106 cm³/mol. The summed E-state index contributed by atoms with van der Waals surface area (Å²) in [5.41, 5.74) is 1.25. The highest BCUT2D eigenvalue weighted by Crippen LogP contribution is 2.48. The molecular weight excluding hydrogens is 352 g/mol. The van der Waals surface area contributed by atoms with Crippen LogP contribution in [0.3, 0.4) is 0 Å². The molecule has 6 rings (SSSR count). The molecule has 0 radical (unpaired) electrons. The summed E-state index contributed by atoms with van der Waals surface area (Å²) in [7, 11) is 1.74. The number of ether oxygens (including phenoxy) is 1. The number of rotatable bonds is 5. The van der Waals surface area contributed by atoms with Gasteiger partial charge in [0.1, 0.15) is 5.75 Å². The number of likely N-dealkylation sites (tertiary alicyclic amines) is 1. The third-order valence-electron chi connectivity index (χ3n) is 6.97. The molecule has 0 unspecified atom stereocenters. The van der Waals surface area contributed by atoms with Gasteiger partial charge in [0.15, 0.2) is 0 Å². The van der Waals surface area contributed by atoms with Crippen LogP contribution in [0.4, 0.5) is 0 Å². The van der Waals surface area contributed by atoms with Gasteiger partial charge >= 0.3 is 0 Å². The molecule has 2 bridgehead atoms. The molecule has 148 valence electrons. The van der Waals surface area contributed by atoms with Crippen molar-refractivity contribution >= 4 is 5.91 Å². The van der Waals surface area contributed by atoms with Gasteiger partial charge in [-0.1, -0.05) is 18.2 Å². The van der Waals surface area contributed by atoms with E-state index in [4.69, 9.17) is 4.74 Å². The first-order valence-corrected chi connectivity index (χ1v) is 10.4. The Morgan fingerprint density at radius 2 is 2.00 bits per heavy atom. The van der Waals surface area contributed by atoms with Crippen molar-refractivity contribution in [1.29, 1.82) is 0 Å². The zero-order chi connectivity index (χ0) is 19.1. The number of methoxy groups -OCH3 is 1. The summed E-state index contributed by atoms with van der Waals surface area (Å²) < 4.78 is 7.52. The number of carbonyl (C=O) groups is 1. The van der Waals surface area contributed by atoms with Crippen molar-refractivity contribution in [3.8, 4) is 5.75 Å². The number of hydrogen-bond donors (Lipinski definition) is 0. The Morgan fingerprint density at radius 1 is 1.18 bits per heavy atom. The molecular formula is C22H28N4O2. The lowest BCUT2D eigenvalue weighted by molar-refractivity contribution is -0.136. The van der Waals surface area contributed by atoms with Crippen molar-refractivity contribution in [2.24, 2.45) is 5.92 Å². The van der Waals surface area contributed by atoms with Gasteiger partial charge in [-0.25, -0.2) is 0 Å². The van der Waals surface area contributed by atoms with Gasteiger partial charge in [0.2, 0.25) is 5.91 Å². The molecule has 0 N–H and O–H groups in total. The minimum absolute atomic E-state index is 0.261. The van der Waals surface area contributed by atoms with E-state index in [1.165, 1.54) is 18.4 Å². The first kappa shape index (κ1) is 17.7. The van der Waals surface area contributed by atoms with Crippen LogP contribution < -0.4 is 4.74 Å². The molecule has 1 aromatic heterocycles. The van der Waals surface area contributed by atoms with E-state index in [9.17, 15) is 4.79 Å². The van der Waals surface area contributed by atoms with E-state index in [1.807, 2.05) is 29.1 Å². The zero-order valence-corrected chi connectivity index (χ0v) is 16.4. The van der Waals surface area contributed by atoms with E-state index in [0.29, 0.717) is 36.9 Å². The topological polar surface area (TPSA) is 50.6 Å². The molecule has 0 aliphatic carbocycles. The highest BCUT2D eigenvalue weighted by molar-refractivity contribution is 5.77. The average Bonchev–Trinajstić information content (AvgIpc) is 3.42. The van der Waals surface area contributed by atoms with Crippen molar-refractivity contribution in [2.45, 2.75) is 43.8 Å². The van der Waals surface area contributed by atoms with Crippen molar-refractivity contribution in [3.05, 3.63) is 48.3 Å². The number of para-hydroxylation sites is 1. The Morgan fingerprint density at radius 3 is 2.75 bits per heavy atom. The molecule has 4 aliphatic heterocycles. The maximum Gasteiger partial charge on any atom is 0.224 e. The standard InChI is InChI=1S/C22H28N4O2/c1-28-19-6-3-2-5-17(19)18-15-26(20(27)9-14-25-11-4-10-23-25)21-16-7-12-24(13-8-16)22(18)21/h2-6,10-11,16,18,21-22H,7-9,12-15H2,1H3/t18-,21+,22+/m0/s1. The fraction of sp³-hybridized carbons (Fsp3) is 0.545. The van der Waals surface area contributed by atoms with Crippen LogP contribution in [0.15, 0.2) is 42.7 Å². The third-order valence-corrected chi connectivity index (χ3v) is 6.97.